The summed E-state index contributed by atoms with van der Waals surface area (Å²) in [4.78, 5) is 0. The monoisotopic (exact) mass is 234 g/mol. The van der Waals surface area contributed by atoms with Gasteiger partial charge in [-0.1, -0.05) is 39.3 Å². The average Bonchev–Trinajstić information content (AvgIpc) is 2.42. The average molecular weight is 234 g/mol. The molecule has 0 radical (unpaired) electrons. The van der Waals surface area contributed by atoms with E-state index in [4.69, 9.17) is 4.74 Å². The van der Waals surface area contributed by atoms with Crippen molar-refractivity contribution in [3.05, 3.63) is 29.3 Å². The van der Waals surface area contributed by atoms with Crippen LogP contribution in [0.5, 0.6) is 5.75 Å². The molecule has 1 aliphatic rings. The van der Waals surface area contributed by atoms with Gasteiger partial charge >= 0.3 is 0 Å². The zero-order chi connectivity index (χ0) is 12.5. The van der Waals surface area contributed by atoms with Crippen molar-refractivity contribution in [2.24, 2.45) is 0 Å². The van der Waals surface area contributed by atoms with E-state index in [1.165, 1.54) is 43.2 Å². The summed E-state index contributed by atoms with van der Waals surface area (Å²) in [5.41, 5.74) is 2.98. The number of rotatable bonds is 4. The highest BCUT2D eigenvalue weighted by Gasteiger charge is 2.13. The van der Waals surface area contributed by atoms with Gasteiger partial charge in [0.05, 0.1) is 6.61 Å². The fourth-order valence-electron chi connectivity index (χ4n) is 2.21. The van der Waals surface area contributed by atoms with Crippen LogP contribution in [0.25, 0.3) is 0 Å². The molecule has 0 atom stereocenters. The molecule has 0 bridgehead atoms. The van der Waals surface area contributed by atoms with Crippen molar-refractivity contribution in [3.63, 3.8) is 0 Å². The number of hydrogen-bond donors (Lipinski definition) is 0. The Bertz CT molecular complexity index is 317. The fraction of sp³-hybridized carbons (Fsp3) is 0.625. The lowest BCUT2D eigenvalue weighted by molar-refractivity contribution is 0.305. The molecule has 0 spiro atoms. The third-order valence-corrected chi connectivity index (χ3v) is 3.11. The van der Waals surface area contributed by atoms with Crippen LogP contribution in [0.2, 0.25) is 0 Å². The minimum Gasteiger partial charge on any atom is -0.493 e. The maximum absolute atomic E-state index is 5.84. The quantitative estimate of drug-likeness (QED) is 0.682. The molecule has 0 unspecified atom stereocenters. The highest BCUT2D eigenvalue weighted by Crippen LogP contribution is 2.29. The van der Waals surface area contributed by atoms with Gasteiger partial charge in [-0.15, -0.1) is 0 Å². The number of benzene rings is 1. The maximum atomic E-state index is 5.84. The van der Waals surface area contributed by atoms with Gasteiger partial charge in [-0.05, 0) is 49.3 Å². The standard InChI is InChI=1S/C14H20O.C2H6/c1-2-3-11-15-14-10-6-8-12-7-4-5-9-13(12)14;1-2/h6,8,10H,2-5,7,9,11H2,1H3;1-2H3. The normalized spacial score (nSPS) is 13.4. The van der Waals surface area contributed by atoms with Crippen molar-refractivity contribution in [1.82, 2.24) is 0 Å². The van der Waals surface area contributed by atoms with Gasteiger partial charge in [-0.2, -0.15) is 0 Å². The second-order valence-electron chi connectivity index (χ2n) is 4.30. The van der Waals surface area contributed by atoms with Gasteiger partial charge in [0.15, 0.2) is 0 Å². The zero-order valence-electron chi connectivity index (χ0n) is 11.6. The lowest BCUT2D eigenvalue weighted by Crippen LogP contribution is -2.06. The Balaban J connectivity index is 0.000000686. The number of aryl methyl sites for hydroxylation is 1. The predicted octanol–water partition coefficient (Wildman–Crippen LogP) is 4.77. The van der Waals surface area contributed by atoms with Gasteiger partial charge in [0.2, 0.25) is 0 Å². The molecular formula is C16H26O. The van der Waals surface area contributed by atoms with E-state index in [-0.39, 0.29) is 0 Å². The molecule has 2 rings (SSSR count). The van der Waals surface area contributed by atoms with Gasteiger partial charge in [0.1, 0.15) is 5.75 Å². The van der Waals surface area contributed by atoms with Gasteiger partial charge in [0, 0.05) is 0 Å². The molecule has 0 saturated heterocycles. The molecule has 1 aliphatic carbocycles. The molecular weight excluding hydrogens is 208 g/mol. The highest BCUT2D eigenvalue weighted by molar-refractivity contribution is 5.41. The Kier molecular flexibility index (Phi) is 6.76. The zero-order valence-corrected chi connectivity index (χ0v) is 11.6. The first-order valence-corrected chi connectivity index (χ1v) is 7.15. The van der Waals surface area contributed by atoms with E-state index in [9.17, 15) is 0 Å². The van der Waals surface area contributed by atoms with Gasteiger partial charge in [0.25, 0.3) is 0 Å². The largest absolute Gasteiger partial charge is 0.493 e. The minimum atomic E-state index is 0.868. The molecule has 1 nitrogen and oxygen atoms in total. The van der Waals surface area contributed by atoms with Crippen molar-refractivity contribution >= 4 is 0 Å². The fourth-order valence-corrected chi connectivity index (χ4v) is 2.21. The van der Waals surface area contributed by atoms with Crippen LogP contribution in [0.4, 0.5) is 0 Å². The Hall–Kier alpha value is -0.980. The first-order valence-electron chi connectivity index (χ1n) is 7.15. The number of ether oxygens (including phenoxy) is 1. The highest BCUT2D eigenvalue weighted by atomic mass is 16.5. The predicted molar refractivity (Wildman–Crippen MR) is 74.8 cm³/mol. The molecule has 1 aromatic rings. The number of unbranched alkanes of at least 4 members (excludes halogenated alkanes) is 1. The van der Waals surface area contributed by atoms with E-state index in [0.29, 0.717) is 0 Å². The van der Waals surface area contributed by atoms with E-state index in [2.05, 4.69) is 25.1 Å². The van der Waals surface area contributed by atoms with Crippen LogP contribution in [-0.2, 0) is 12.8 Å². The molecule has 0 heterocycles. The van der Waals surface area contributed by atoms with Gasteiger partial charge < -0.3 is 4.74 Å². The molecule has 0 amide bonds. The van der Waals surface area contributed by atoms with Crippen LogP contribution in [0.3, 0.4) is 0 Å². The van der Waals surface area contributed by atoms with Crippen molar-refractivity contribution < 1.29 is 4.74 Å². The second kappa shape index (κ2) is 8.16. The molecule has 1 aromatic carbocycles. The van der Waals surface area contributed by atoms with Crippen LogP contribution in [0, 0.1) is 0 Å². The SMILES string of the molecule is CC.CCCCOc1cccc2c1CCCC2. The summed E-state index contributed by atoms with van der Waals surface area (Å²) in [5.74, 6) is 1.14. The summed E-state index contributed by atoms with van der Waals surface area (Å²) >= 11 is 0. The lowest BCUT2D eigenvalue weighted by Gasteiger charge is -2.19. The Morgan fingerprint density at radius 1 is 1.12 bits per heavy atom. The summed E-state index contributed by atoms with van der Waals surface area (Å²) in [6, 6.07) is 6.51. The van der Waals surface area contributed by atoms with Crippen molar-refractivity contribution in [1.29, 1.82) is 0 Å². The molecule has 0 fully saturated rings. The van der Waals surface area contributed by atoms with E-state index in [1.54, 1.807) is 0 Å². The molecule has 17 heavy (non-hydrogen) atoms. The van der Waals surface area contributed by atoms with Crippen LogP contribution < -0.4 is 4.74 Å². The van der Waals surface area contributed by atoms with Crippen LogP contribution in [-0.4, -0.2) is 6.61 Å². The Labute approximate surface area is 106 Å². The number of fused-ring (bicyclic) bond motifs is 1. The smallest absolute Gasteiger partial charge is 0.122 e. The van der Waals surface area contributed by atoms with Gasteiger partial charge in [-0.3, -0.25) is 0 Å². The van der Waals surface area contributed by atoms with E-state index in [1.807, 2.05) is 13.8 Å². The van der Waals surface area contributed by atoms with E-state index < -0.39 is 0 Å². The molecule has 0 N–H and O–H groups in total. The molecule has 0 aliphatic heterocycles. The summed E-state index contributed by atoms with van der Waals surface area (Å²) in [5, 5.41) is 0. The third kappa shape index (κ3) is 4.07. The Morgan fingerprint density at radius 3 is 2.65 bits per heavy atom. The summed E-state index contributed by atoms with van der Waals surface area (Å²) in [7, 11) is 0. The first-order chi connectivity index (χ1) is 8.42. The van der Waals surface area contributed by atoms with Crippen LogP contribution >= 0.6 is 0 Å². The van der Waals surface area contributed by atoms with E-state index in [0.717, 1.165) is 18.8 Å². The summed E-state index contributed by atoms with van der Waals surface area (Å²) in [6.07, 6.45) is 7.46. The Morgan fingerprint density at radius 2 is 1.88 bits per heavy atom. The third-order valence-electron chi connectivity index (χ3n) is 3.11. The maximum Gasteiger partial charge on any atom is 0.122 e. The first kappa shape index (κ1) is 14.1. The van der Waals surface area contributed by atoms with Crippen molar-refractivity contribution in [2.45, 2.75) is 59.3 Å². The lowest BCUT2D eigenvalue weighted by atomic mass is 9.91. The molecule has 96 valence electrons. The minimum absolute atomic E-state index is 0.868. The summed E-state index contributed by atoms with van der Waals surface area (Å²) < 4.78 is 5.84. The molecule has 1 heteroatoms. The molecule has 0 aromatic heterocycles. The van der Waals surface area contributed by atoms with Crippen molar-refractivity contribution in [3.8, 4) is 5.75 Å². The van der Waals surface area contributed by atoms with Crippen LogP contribution in [0.15, 0.2) is 18.2 Å². The van der Waals surface area contributed by atoms with Crippen molar-refractivity contribution in [2.75, 3.05) is 6.61 Å². The molecule has 0 saturated carbocycles. The van der Waals surface area contributed by atoms with E-state index >= 15 is 0 Å². The topological polar surface area (TPSA) is 9.23 Å². The van der Waals surface area contributed by atoms with Gasteiger partial charge in [-0.25, -0.2) is 0 Å². The number of hydrogen-bond acceptors (Lipinski definition) is 1. The summed E-state index contributed by atoms with van der Waals surface area (Å²) in [6.45, 7) is 7.07. The second-order valence-corrected chi connectivity index (χ2v) is 4.30. The van der Waals surface area contributed by atoms with Crippen LogP contribution in [0.1, 0.15) is 57.6 Å².